The van der Waals surface area contributed by atoms with Crippen LogP contribution < -0.4 is 5.32 Å². The van der Waals surface area contributed by atoms with E-state index in [4.69, 9.17) is 10.2 Å². The number of carbonyl (C=O) groups excluding carboxylic acids is 1. The first-order valence-corrected chi connectivity index (χ1v) is 6.29. The van der Waals surface area contributed by atoms with Gasteiger partial charge in [0, 0.05) is 19.2 Å². The van der Waals surface area contributed by atoms with Crippen LogP contribution in [0.4, 0.5) is 19.3 Å². The van der Waals surface area contributed by atoms with Gasteiger partial charge >= 0.3 is 12.0 Å². The number of nitrogens with zero attached hydrogens (tertiary/aromatic N) is 1. The Bertz CT molecular complexity index is 531. The standard InChI is InChI=1S/C13H16F2N2O4/c1-2-3-17(4-5-18)13(21)16-11-6-8(12(19)20)9(14)7-10(11)15/h6-7,18H,2-5H2,1H3,(H,16,21)(H,19,20). The number of hydrogen-bond acceptors (Lipinski definition) is 3. The molecule has 6 nitrogen and oxygen atoms in total. The summed E-state index contributed by atoms with van der Waals surface area (Å²) >= 11 is 0. The predicted molar refractivity (Wildman–Crippen MR) is 71.3 cm³/mol. The number of amides is 2. The van der Waals surface area contributed by atoms with Gasteiger partial charge in [0.15, 0.2) is 0 Å². The topological polar surface area (TPSA) is 89.9 Å². The van der Waals surface area contributed by atoms with E-state index in [0.29, 0.717) is 25.1 Å². The molecule has 3 N–H and O–H groups in total. The van der Waals surface area contributed by atoms with Crippen molar-refractivity contribution >= 4 is 17.7 Å². The van der Waals surface area contributed by atoms with E-state index in [1.807, 2.05) is 6.92 Å². The van der Waals surface area contributed by atoms with Crippen LogP contribution in [-0.4, -0.2) is 46.8 Å². The molecule has 0 atom stereocenters. The van der Waals surface area contributed by atoms with Gasteiger partial charge in [0.1, 0.15) is 11.6 Å². The summed E-state index contributed by atoms with van der Waals surface area (Å²) in [5.41, 5.74) is -1.17. The Morgan fingerprint density at radius 2 is 1.90 bits per heavy atom. The second kappa shape index (κ2) is 7.53. The van der Waals surface area contributed by atoms with Crippen molar-refractivity contribution in [2.45, 2.75) is 13.3 Å². The average molecular weight is 302 g/mol. The molecule has 0 bridgehead atoms. The van der Waals surface area contributed by atoms with Gasteiger partial charge in [-0.1, -0.05) is 6.92 Å². The van der Waals surface area contributed by atoms with Crippen molar-refractivity contribution in [3.05, 3.63) is 29.3 Å². The van der Waals surface area contributed by atoms with E-state index in [9.17, 15) is 18.4 Å². The summed E-state index contributed by atoms with van der Waals surface area (Å²) in [5, 5.41) is 19.8. The Balaban J connectivity index is 2.98. The van der Waals surface area contributed by atoms with Gasteiger partial charge in [-0.2, -0.15) is 0 Å². The molecule has 1 rings (SSSR count). The number of carbonyl (C=O) groups is 2. The van der Waals surface area contributed by atoms with Crippen LogP contribution in [0.3, 0.4) is 0 Å². The van der Waals surface area contributed by atoms with Crippen molar-refractivity contribution in [3.63, 3.8) is 0 Å². The number of aromatic carboxylic acids is 1. The van der Waals surface area contributed by atoms with Crippen LogP contribution >= 0.6 is 0 Å². The molecule has 0 saturated carbocycles. The number of benzene rings is 1. The van der Waals surface area contributed by atoms with Gasteiger partial charge < -0.3 is 20.4 Å². The van der Waals surface area contributed by atoms with Gasteiger partial charge in [-0.25, -0.2) is 18.4 Å². The van der Waals surface area contributed by atoms with Gasteiger partial charge in [-0.15, -0.1) is 0 Å². The molecular weight excluding hydrogens is 286 g/mol. The van der Waals surface area contributed by atoms with E-state index >= 15 is 0 Å². The van der Waals surface area contributed by atoms with Crippen LogP contribution in [0.5, 0.6) is 0 Å². The second-order valence-corrected chi connectivity index (χ2v) is 4.26. The maximum absolute atomic E-state index is 13.6. The minimum absolute atomic E-state index is 0.0499. The van der Waals surface area contributed by atoms with Crippen LogP contribution in [0.1, 0.15) is 23.7 Å². The highest BCUT2D eigenvalue weighted by atomic mass is 19.1. The van der Waals surface area contributed by atoms with Crippen LogP contribution in [0, 0.1) is 11.6 Å². The molecule has 0 spiro atoms. The van der Waals surface area contributed by atoms with Crippen LogP contribution in [0.25, 0.3) is 0 Å². The Labute approximate surface area is 120 Å². The summed E-state index contributed by atoms with van der Waals surface area (Å²) < 4.78 is 26.8. The summed E-state index contributed by atoms with van der Waals surface area (Å²) in [6.07, 6.45) is 0.625. The monoisotopic (exact) mass is 302 g/mol. The average Bonchev–Trinajstić information content (AvgIpc) is 2.41. The number of anilines is 1. The number of halogens is 2. The molecule has 116 valence electrons. The number of rotatable bonds is 6. The Kier molecular flexibility index (Phi) is 6.04. The van der Waals surface area contributed by atoms with Gasteiger partial charge in [0.25, 0.3) is 0 Å². The van der Waals surface area contributed by atoms with E-state index < -0.39 is 34.9 Å². The molecule has 0 aliphatic heterocycles. The molecule has 0 aliphatic rings. The number of nitrogens with one attached hydrogen (secondary N) is 1. The number of aliphatic hydroxyl groups excluding tert-OH is 1. The maximum Gasteiger partial charge on any atom is 0.338 e. The van der Waals surface area contributed by atoms with Gasteiger partial charge in [-0.3, -0.25) is 0 Å². The van der Waals surface area contributed by atoms with Crippen molar-refractivity contribution in [1.82, 2.24) is 4.90 Å². The van der Waals surface area contributed by atoms with E-state index in [1.165, 1.54) is 4.90 Å². The highest BCUT2D eigenvalue weighted by Crippen LogP contribution is 2.20. The summed E-state index contributed by atoms with van der Waals surface area (Å²) in [5.74, 6) is -3.87. The van der Waals surface area contributed by atoms with E-state index in [-0.39, 0.29) is 13.2 Å². The Hall–Kier alpha value is -2.22. The fourth-order valence-electron chi connectivity index (χ4n) is 1.71. The Morgan fingerprint density at radius 3 is 2.43 bits per heavy atom. The maximum atomic E-state index is 13.6. The van der Waals surface area contributed by atoms with E-state index in [2.05, 4.69) is 5.32 Å². The number of carboxylic acid groups (broad SMARTS) is 1. The zero-order chi connectivity index (χ0) is 16.0. The molecule has 0 aromatic heterocycles. The molecule has 0 saturated heterocycles. The van der Waals surface area contributed by atoms with Crippen LogP contribution in [0.15, 0.2) is 12.1 Å². The quantitative estimate of drug-likeness (QED) is 0.748. The first-order valence-electron chi connectivity index (χ1n) is 6.29. The minimum atomic E-state index is -1.57. The highest BCUT2D eigenvalue weighted by Gasteiger charge is 2.18. The SMILES string of the molecule is CCCN(CCO)C(=O)Nc1cc(C(=O)O)c(F)cc1F. The van der Waals surface area contributed by atoms with Crippen molar-refractivity contribution < 1.29 is 28.6 Å². The second-order valence-electron chi connectivity index (χ2n) is 4.26. The Morgan fingerprint density at radius 1 is 1.24 bits per heavy atom. The summed E-state index contributed by atoms with van der Waals surface area (Å²) in [4.78, 5) is 23.9. The molecule has 0 aliphatic carbocycles. The van der Waals surface area contributed by atoms with Gasteiger partial charge in [0.2, 0.25) is 0 Å². The molecule has 0 fully saturated rings. The number of aliphatic hydroxyl groups is 1. The molecule has 2 amide bonds. The van der Waals surface area contributed by atoms with Gasteiger partial charge in [0.05, 0.1) is 17.9 Å². The van der Waals surface area contributed by atoms with E-state index in [1.54, 1.807) is 0 Å². The molecule has 1 aromatic carbocycles. The molecule has 0 heterocycles. The van der Waals surface area contributed by atoms with E-state index in [0.717, 1.165) is 0 Å². The first-order chi connectivity index (χ1) is 9.90. The molecular formula is C13H16F2N2O4. The first kappa shape index (κ1) is 16.8. The third kappa shape index (κ3) is 4.38. The van der Waals surface area contributed by atoms with Crippen molar-refractivity contribution in [2.75, 3.05) is 25.0 Å². The lowest BCUT2D eigenvalue weighted by atomic mass is 10.2. The van der Waals surface area contributed by atoms with Crippen molar-refractivity contribution in [1.29, 1.82) is 0 Å². The lowest BCUT2D eigenvalue weighted by Gasteiger charge is -2.21. The third-order valence-corrected chi connectivity index (χ3v) is 2.68. The van der Waals surface area contributed by atoms with Crippen LogP contribution in [0.2, 0.25) is 0 Å². The smallest absolute Gasteiger partial charge is 0.338 e. The highest BCUT2D eigenvalue weighted by molar-refractivity contribution is 5.93. The van der Waals surface area contributed by atoms with Crippen LogP contribution in [-0.2, 0) is 0 Å². The normalized spacial score (nSPS) is 10.3. The summed E-state index contributed by atoms with van der Waals surface area (Å²) in [6.45, 7) is 1.94. The lowest BCUT2D eigenvalue weighted by molar-refractivity contribution is 0.0691. The zero-order valence-corrected chi connectivity index (χ0v) is 11.4. The molecule has 21 heavy (non-hydrogen) atoms. The van der Waals surface area contributed by atoms with Crippen molar-refractivity contribution in [3.8, 4) is 0 Å². The number of urea groups is 1. The number of carboxylic acids is 1. The predicted octanol–water partition coefficient (Wildman–Crippen LogP) is 1.90. The number of hydrogen-bond donors (Lipinski definition) is 3. The fraction of sp³-hybridized carbons (Fsp3) is 0.385. The lowest BCUT2D eigenvalue weighted by Crippen LogP contribution is -2.37. The largest absolute Gasteiger partial charge is 0.478 e. The molecule has 0 unspecified atom stereocenters. The molecule has 1 aromatic rings. The molecule has 0 radical (unpaired) electrons. The summed E-state index contributed by atoms with van der Waals surface area (Å²) in [7, 11) is 0. The summed E-state index contributed by atoms with van der Waals surface area (Å²) in [6, 6.07) is 0.413. The minimum Gasteiger partial charge on any atom is -0.478 e. The van der Waals surface area contributed by atoms with Crippen molar-refractivity contribution in [2.24, 2.45) is 0 Å². The zero-order valence-electron chi connectivity index (χ0n) is 11.4. The molecule has 8 heteroatoms. The van der Waals surface area contributed by atoms with Gasteiger partial charge in [-0.05, 0) is 12.5 Å². The third-order valence-electron chi connectivity index (χ3n) is 2.68. The fourth-order valence-corrected chi connectivity index (χ4v) is 1.71.